The van der Waals surface area contributed by atoms with E-state index in [2.05, 4.69) is 21.7 Å². The summed E-state index contributed by atoms with van der Waals surface area (Å²) < 4.78 is 0. The van der Waals surface area contributed by atoms with E-state index in [4.69, 9.17) is 11.6 Å². The molecule has 0 saturated heterocycles. The smallest absolute Gasteiger partial charge is 0.274 e. The topological polar surface area (TPSA) is 71.1 Å². The highest BCUT2D eigenvalue weighted by Gasteiger charge is 2.13. The lowest BCUT2D eigenvalue weighted by molar-refractivity contribution is 0.0954. The molecule has 5 nitrogen and oxygen atoms in total. The van der Waals surface area contributed by atoms with E-state index in [1.54, 1.807) is 18.2 Å². The number of pyridine rings is 1. The number of hydrogen-bond acceptors (Lipinski definition) is 3. The van der Waals surface area contributed by atoms with Gasteiger partial charge in [-0.05, 0) is 68.9 Å². The first-order chi connectivity index (χ1) is 13.5. The van der Waals surface area contributed by atoms with E-state index < -0.39 is 0 Å². The summed E-state index contributed by atoms with van der Waals surface area (Å²) in [4.78, 5) is 29.0. The molecule has 0 saturated carbocycles. The van der Waals surface area contributed by atoms with Crippen LogP contribution in [0.1, 0.15) is 58.5 Å². The van der Waals surface area contributed by atoms with Crippen LogP contribution in [0.4, 0.5) is 5.69 Å². The third-order valence-corrected chi connectivity index (χ3v) is 5.05. The van der Waals surface area contributed by atoms with Crippen molar-refractivity contribution in [1.29, 1.82) is 0 Å². The number of nitrogens with zero attached hydrogens (tertiary/aromatic N) is 1. The number of hydrogen-bond donors (Lipinski definition) is 2. The summed E-state index contributed by atoms with van der Waals surface area (Å²) >= 11 is 5.99. The van der Waals surface area contributed by atoms with Crippen molar-refractivity contribution in [2.24, 2.45) is 0 Å². The van der Waals surface area contributed by atoms with Gasteiger partial charge in [0.25, 0.3) is 11.8 Å². The highest BCUT2D eigenvalue weighted by Crippen LogP contribution is 2.21. The zero-order chi connectivity index (χ0) is 19.9. The second-order valence-corrected chi connectivity index (χ2v) is 7.39. The number of carbonyl (C=O) groups excluding carboxylic acids is 2. The molecule has 6 heteroatoms. The minimum absolute atomic E-state index is 0.182. The lowest BCUT2D eigenvalue weighted by atomic mass is 9.97. The van der Waals surface area contributed by atoms with Crippen molar-refractivity contribution < 1.29 is 9.59 Å². The van der Waals surface area contributed by atoms with Crippen molar-refractivity contribution in [3.8, 4) is 0 Å². The molecule has 0 atom stereocenters. The first kappa shape index (κ1) is 20.1. The van der Waals surface area contributed by atoms with Gasteiger partial charge in [0, 0.05) is 29.0 Å². The molecule has 1 aromatic carbocycles. The number of anilines is 1. The molecule has 0 unspecified atom stereocenters. The van der Waals surface area contributed by atoms with E-state index in [0.717, 1.165) is 24.8 Å². The van der Waals surface area contributed by atoms with Gasteiger partial charge < -0.3 is 10.6 Å². The predicted octanol–water partition coefficient (Wildman–Crippen LogP) is 4.92. The van der Waals surface area contributed by atoms with Gasteiger partial charge in [-0.25, -0.2) is 0 Å². The molecule has 3 rings (SSSR count). The van der Waals surface area contributed by atoms with Crippen molar-refractivity contribution in [2.45, 2.75) is 39.0 Å². The molecule has 28 heavy (non-hydrogen) atoms. The number of allylic oxidation sites excluding steroid dienone is 1. The highest BCUT2D eigenvalue weighted by atomic mass is 35.5. The van der Waals surface area contributed by atoms with Gasteiger partial charge in [0.1, 0.15) is 5.69 Å². The van der Waals surface area contributed by atoms with Crippen molar-refractivity contribution in [1.82, 2.24) is 10.3 Å². The standard InChI is InChI=1S/C22H24ClN3O2/c1-15-7-8-18(23)14-19(15)26-22(28)20-13-17(10-12-24-20)21(27)25-11-9-16-5-3-2-4-6-16/h5,7-8,10,12-14H,2-4,6,9,11H2,1H3,(H,25,27)(H,26,28). The molecular formula is C22H24ClN3O2. The summed E-state index contributed by atoms with van der Waals surface area (Å²) in [7, 11) is 0. The van der Waals surface area contributed by atoms with E-state index in [-0.39, 0.29) is 17.5 Å². The molecule has 2 amide bonds. The maximum Gasteiger partial charge on any atom is 0.274 e. The summed E-state index contributed by atoms with van der Waals surface area (Å²) in [5, 5.41) is 6.25. The molecule has 0 radical (unpaired) electrons. The average Bonchev–Trinajstić information content (AvgIpc) is 2.71. The Bertz CT molecular complexity index is 908. The van der Waals surface area contributed by atoms with Gasteiger partial charge in [-0.3, -0.25) is 14.6 Å². The van der Waals surface area contributed by atoms with E-state index in [9.17, 15) is 9.59 Å². The van der Waals surface area contributed by atoms with Crippen LogP contribution in [0.15, 0.2) is 48.2 Å². The van der Waals surface area contributed by atoms with Gasteiger partial charge in [0.05, 0.1) is 0 Å². The first-order valence-electron chi connectivity index (χ1n) is 9.52. The summed E-state index contributed by atoms with van der Waals surface area (Å²) in [6.07, 6.45) is 9.37. The lowest BCUT2D eigenvalue weighted by Crippen LogP contribution is -2.25. The maximum atomic E-state index is 12.5. The Balaban J connectivity index is 1.60. The Labute approximate surface area is 170 Å². The Morgan fingerprint density at radius 1 is 1.14 bits per heavy atom. The van der Waals surface area contributed by atoms with Crippen LogP contribution in [0.5, 0.6) is 0 Å². The number of halogens is 1. The zero-order valence-corrected chi connectivity index (χ0v) is 16.7. The van der Waals surface area contributed by atoms with Crippen molar-refractivity contribution >= 4 is 29.1 Å². The summed E-state index contributed by atoms with van der Waals surface area (Å²) in [6, 6.07) is 8.39. The Hall–Kier alpha value is -2.66. The van der Waals surface area contributed by atoms with E-state index >= 15 is 0 Å². The van der Waals surface area contributed by atoms with Gasteiger partial charge in [-0.2, -0.15) is 0 Å². The molecular weight excluding hydrogens is 374 g/mol. The Kier molecular flexibility index (Phi) is 6.82. The van der Waals surface area contributed by atoms with Crippen LogP contribution in [0, 0.1) is 6.92 Å². The number of amides is 2. The zero-order valence-electron chi connectivity index (χ0n) is 15.9. The third kappa shape index (κ3) is 5.42. The Morgan fingerprint density at radius 3 is 2.79 bits per heavy atom. The minimum Gasteiger partial charge on any atom is -0.352 e. The predicted molar refractivity (Wildman–Crippen MR) is 112 cm³/mol. The number of aromatic nitrogens is 1. The van der Waals surface area contributed by atoms with Gasteiger partial charge in [0.15, 0.2) is 0 Å². The maximum absolute atomic E-state index is 12.5. The highest BCUT2D eigenvalue weighted by molar-refractivity contribution is 6.31. The van der Waals surface area contributed by atoms with Crippen LogP contribution in [0.25, 0.3) is 0 Å². The van der Waals surface area contributed by atoms with E-state index in [0.29, 0.717) is 22.8 Å². The van der Waals surface area contributed by atoms with E-state index in [1.807, 2.05) is 13.0 Å². The average molecular weight is 398 g/mol. The van der Waals surface area contributed by atoms with Gasteiger partial charge in [-0.15, -0.1) is 0 Å². The molecule has 1 aromatic heterocycles. The molecule has 2 aromatic rings. The van der Waals surface area contributed by atoms with Crippen LogP contribution in [-0.2, 0) is 0 Å². The van der Waals surface area contributed by atoms with Crippen LogP contribution < -0.4 is 10.6 Å². The molecule has 1 aliphatic rings. The number of carbonyl (C=O) groups is 2. The van der Waals surface area contributed by atoms with Crippen LogP contribution in [0.3, 0.4) is 0 Å². The van der Waals surface area contributed by atoms with Crippen molar-refractivity contribution in [2.75, 3.05) is 11.9 Å². The summed E-state index contributed by atoms with van der Waals surface area (Å²) in [6.45, 7) is 2.47. The van der Waals surface area contributed by atoms with Crippen molar-refractivity contribution in [3.05, 3.63) is 70.0 Å². The molecule has 1 heterocycles. The molecule has 2 N–H and O–H groups in total. The van der Waals surface area contributed by atoms with E-state index in [1.165, 1.54) is 30.7 Å². The van der Waals surface area contributed by atoms with Crippen molar-refractivity contribution in [3.63, 3.8) is 0 Å². The fourth-order valence-corrected chi connectivity index (χ4v) is 3.35. The van der Waals surface area contributed by atoms with Gasteiger partial charge in [0.2, 0.25) is 0 Å². The van der Waals surface area contributed by atoms with Gasteiger partial charge >= 0.3 is 0 Å². The Morgan fingerprint density at radius 2 is 2.00 bits per heavy atom. The number of benzene rings is 1. The first-order valence-corrected chi connectivity index (χ1v) is 9.90. The monoisotopic (exact) mass is 397 g/mol. The fraction of sp³-hybridized carbons (Fsp3) is 0.318. The molecule has 0 spiro atoms. The molecule has 0 bridgehead atoms. The molecule has 0 fully saturated rings. The van der Waals surface area contributed by atoms with Crippen LogP contribution in [-0.4, -0.2) is 23.3 Å². The lowest BCUT2D eigenvalue weighted by Gasteiger charge is -2.13. The summed E-state index contributed by atoms with van der Waals surface area (Å²) in [5.74, 6) is -0.584. The quantitative estimate of drug-likeness (QED) is 0.680. The van der Waals surface area contributed by atoms with Gasteiger partial charge in [-0.1, -0.05) is 29.3 Å². The second-order valence-electron chi connectivity index (χ2n) is 6.96. The molecule has 146 valence electrons. The SMILES string of the molecule is Cc1ccc(Cl)cc1NC(=O)c1cc(C(=O)NCCC2=CCCCC2)ccn1. The number of rotatable bonds is 6. The summed E-state index contributed by atoms with van der Waals surface area (Å²) in [5.41, 5.74) is 3.53. The third-order valence-electron chi connectivity index (χ3n) is 4.82. The van der Waals surface area contributed by atoms with Crippen LogP contribution in [0.2, 0.25) is 5.02 Å². The number of nitrogens with one attached hydrogen (secondary N) is 2. The minimum atomic E-state index is -0.382. The molecule has 0 aliphatic heterocycles. The number of aryl methyl sites for hydroxylation is 1. The second kappa shape index (κ2) is 9.51. The molecule has 1 aliphatic carbocycles. The largest absolute Gasteiger partial charge is 0.352 e. The normalized spacial score (nSPS) is 13.6. The van der Waals surface area contributed by atoms with Crippen LogP contribution >= 0.6 is 11.6 Å². The fourth-order valence-electron chi connectivity index (χ4n) is 3.18.